The third-order valence-corrected chi connectivity index (χ3v) is 9.70. The topological polar surface area (TPSA) is 428 Å². The number of aromatic hydroxyl groups is 1. The Kier molecular flexibility index (Phi) is 20.9. The summed E-state index contributed by atoms with van der Waals surface area (Å²) in [5.41, 5.74) is 21.6. The molecule has 63 heavy (non-hydrogen) atoms. The lowest BCUT2D eigenvalue weighted by Gasteiger charge is -2.30. The Labute approximate surface area is 361 Å². The minimum Gasteiger partial charge on any atom is -0.508 e. The minimum atomic E-state index is -1.76. The van der Waals surface area contributed by atoms with Crippen LogP contribution in [0.4, 0.5) is 0 Å². The summed E-state index contributed by atoms with van der Waals surface area (Å²) in [6.45, 7) is 1.68. The maximum atomic E-state index is 14.2. The van der Waals surface area contributed by atoms with Gasteiger partial charge in [-0.25, -0.2) is 4.79 Å². The Balaban J connectivity index is 2.29. The third-order valence-electron chi connectivity index (χ3n) is 9.70. The number of carbonyl (C=O) groups excluding carboxylic acids is 10. The molecular weight excluding hydrogens is 834 g/mol. The van der Waals surface area contributed by atoms with Crippen molar-refractivity contribution in [2.45, 2.75) is 108 Å². The summed E-state index contributed by atoms with van der Waals surface area (Å²) in [5, 5.41) is 42.6. The van der Waals surface area contributed by atoms with Gasteiger partial charge in [-0.1, -0.05) is 26.0 Å². The molecule has 0 bridgehead atoms. The average Bonchev–Trinajstić information content (AvgIpc) is 3.71. The van der Waals surface area contributed by atoms with Crippen molar-refractivity contribution >= 4 is 65.0 Å². The summed E-state index contributed by atoms with van der Waals surface area (Å²) >= 11 is 0. The second-order valence-corrected chi connectivity index (χ2v) is 15.1. The molecule has 1 aliphatic rings. The van der Waals surface area contributed by atoms with Gasteiger partial charge >= 0.3 is 5.97 Å². The molecule has 0 spiro atoms. The van der Waals surface area contributed by atoms with Gasteiger partial charge in [0, 0.05) is 25.8 Å². The number of amides is 10. The van der Waals surface area contributed by atoms with E-state index in [1.807, 2.05) is 0 Å². The van der Waals surface area contributed by atoms with Gasteiger partial charge in [-0.15, -0.1) is 0 Å². The minimum absolute atomic E-state index is 0.0137. The molecule has 1 aliphatic heterocycles. The molecule has 348 valence electrons. The Morgan fingerprint density at radius 3 is 1.81 bits per heavy atom. The number of hydrogen-bond donors (Lipinski definition) is 13. The first kappa shape index (κ1) is 52.2. The zero-order chi connectivity index (χ0) is 47.6. The number of aliphatic carboxylic acids is 1. The van der Waals surface area contributed by atoms with E-state index in [0.717, 1.165) is 4.90 Å². The molecule has 0 saturated carbocycles. The summed E-state index contributed by atoms with van der Waals surface area (Å²) in [6, 6.07) is -4.61. The second-order valence-electron chi connectivity index (χ2n) is 15.1. The monoisotopic (exact) mass is 891 g/mol. The predicted octanol–water partition coefficient (Wildman–Crippen LogP) is -6.07. The number of nitrogens with two attached hydrogens (primary N) is 4. The van der Waals surface area contributed by atoms with E-state index < -0.39 is 139 Å². The molecule has 17 N–H and O–H groups in total. The summed E-state index contributed by atoms with van der Waals surface area (Å²) in [4.78, 5) is 141. The predicted molar refractivity (Wildman–Crippen MR) is 217 cm³/mol. The highest BCUT2D eigenvalue weighted by Crippen LogP contribution is 2.21. The first-order valence-corrected chi connectivity index (χ1v) is 19.9. The summed E-state index contributed by atoms with van der Waals surface area (Å²) in [5.74, 6) is -11.3. The Morgan fingerprint density at radius 1 is 0.730 bits per heavy atom. The first-order chi connectivity index (χ1) is 29.5. The number of hydrogen-bond acceptors (Lipinski definition) is 14. The van der Waals surface area contributed by atoms with Crippen LogP contribution in [0.15, 0.2) is 24.3 Å². The number of rotatable bonds is 26. The van der Waals surface area contributed by atoms with Gasteiger partial charge in [-0.2, -0.15) is 0 Å². The van der Waals surface area contributed by atoms with Gasteiger partial charge in [-0.05, 0) is 49.3 Å². The molecule has 25 heteroatoms. The number of carboxylic acid groups (broad SMARTS) is 1. The lowest BCUT2D eigenvalue weighted by Crippen LogP contribution is -2.60. The second kappa shape index (κ2) is 25.1. The van der Waals surface area contributed by atoms with Gasteiger partial charge in [0.2, 0.25) is 59.1 Å². The van der Waals surface area contributed by atoms with Crippen LogP contribution in [0.3, 0.4) is 0 Å². The van der Waals surface area contributed by atoms with Crippen LogP contribution in [0.5, 0.6) is 5.75 Å². The summed E-state index contributed by atoms with van der Waals surface area (Å²) < 4.78 is 0. The van der Waals surface area contributed by atoms with Crippen molar-refractivity contribution < 1.29 is 68.1 Å². The number of nitrogens with zero attached hydrogens (tertiary/aromatic N) is 1. The number of carboxylic acids is 1. The van der Waals surface area contributed by atoms with Crippen molar-refractivity contribution in [1.82, 2.24) is 36.8 Å². The molecule has 10 amide bonds. The van der Waals surface area contributed by atoms with E-state index >= 15 is 0 Å². The molecule has 2 rings (SSSR count). The molecule has 7 atom stereocenters. The fourth-order valence-corrected chi connectivity index (χ4v) is 6.29. The van der Waals surface area contributed by atoms with Crippen molar-refractivity contribution in [3.05, 3.63) is 29.8 Å². The Bertz CT molecular complexity index is 1860. The number of nitrogens with one attached hydrogen (secondary N) is 6. The highest BCUT2D eigenvalue weighted by molar-refractivity contribution is 5.98. The maximum Gasteiger partial charge on any atom is 0.326 e. The van der Waals surface area contributed by atoms with Gasteiger partial charge in [-0.3, -0.25) is 47.9 Å². The smallest absolute Gasteiger partial charge is 0.326 e. The standard InChI is InChI=1S/C38H57N11O14/c1-18(2)31(36(60)45-23(38(62)63)10-12-28(41)53)48-30(55)16-43-35(59)26-4-3-13-49(26)37(61)25(14-19-5-7-20(51)8-6-19)47-34(58)24(15-29(42)54)46-33(57)22(9-11-27(40)52)44-32(56)21(39)17-50/h5-8,18,21-26,31,50-51H,3-4,9-17,39H2,1-2H3,(H2,40,52)(H2,41,53)(H2,42,54)(H,43,59)(H,44,56)(H,45,60)(H,46,57)(H,47,58)(H,48,55)(H,62,63)/t21-,22-,23-,24-,25-,26-,31-/m0/s1. The van der Waals surface area contributed by atoms with E-state index in [2.05, 4.69) is 31.9 Å². The van der Waals surface area contributed by atoms with E-state index in [0.29, 0.717) is 12.0 Å². The first-order valence-electron chi connectivity index (χ1n) is 19.9. The Hall–Kier alpha value is -6.89. The summed E-state index contributed by atoms with van der Waals surface area (Å²) in [7, 11) is 0. The molecule has 1 heterocycles. The average molecular weight is 892 g/mol. The molecular formula is C38H57N11O14. The number of phenolic OH excluding ortho intramolecular Hbond substituents is 1. The van der Waals surface area contributed by atoms with E-state index in [4.69, 9.17) is 22.9 Å². The fourth-order valence-electron chi connectivity index (χ4n) is 6.29. The zero-order valence-corrected chi connectivity index (χ0v) is 34.8. The molecule has 1 fully saturated rings. The van der Waals surface area contributed by atoms with Gasteiger partial charge in [0.15, 0.2) is 0 Å². The zero-order valence-electron chi connectivity index (χ0n) is 34.8. The van der Waals surface area contributed by atoms with Gasteiger partial charge < -0.3 is 75.1 Å². The maximum absolute atomic E-state index is 14.2. The molecule has 1 aromatic carbocycles. The van der Waals surface area contributed by atoms with Gasteiger partial charge in [0.25, 0.3) is 0 Å². The van der Waals surface area contributed by atoms with Crippen LogP contribution in [0.2, 0.25) is 0 Å². The van der Waals surface area contributed by atoms with Crippen molar-refractivity contribution in [1.29, 1.82) is 0 Å². The summed E-state index contributed by atoms with van der Waals surface area (Å²) in [6.07, 6.45) is -2.03. The molecule has 0 aliphatic carbocycles. The lowest BCUT2D eigenvalue weighted by molar-refractivity contribution is -0.143. The number of aliphatic hydroxyl groups is 1. The van der Waals surface area contributed by atoms with E-state index in [1.165, 1.54) is 24.3 Å². The molecule has 1 saturated heterocycles. The Morgan fingerprint density at radius 2 is 1.27 bits per heavy atom. The number of likely N-dealkylation sites (tertiary alicyclic amines) is 1. The normalized spacial score (nSPS) is 16.2. The van der Waals surface area contributed by atoms with Crippen LogP contribution in [-0.2, 0) is 59.2 Å². The number of carbonyl (C=O) groups is 11. The van der Waals surface area contributed by atoms with Crippen LogP contribution in [0, 0.1) is 5.92 Å². The molecule has 0 aromatic heterocycles. The van der Waals surface area contributed by atoms with Crippen molar-refractivity contribution in [2.24, 2.45) is 28.9 Å². The van der Waals surface area contributed by atoms with Crippen molar-refractivity contribution in [3.8, 4) is 5.75 Å². The van der Waals surface area contributed by atoms with Gasteiger partial charge in [0.1, 0.15) is 48.0 Å². The number of phenols is 1. The fraction of sp³-hybridized carbons (Fsp3) is 0.553. The lowest BCUT2D eigenvalue weighted by atomic mass is 10.0. The van der Waals surface area contributed by atoms with Crippen LogP contribution in [-0.4, -0.2) is 147 Å². The van der Waals surface area contributed by atoms with Crippen LogP contribution < -0.4 is 54.8 Å². The number of aliphatic hydroxyl groups excluding tert-OH is 1. The van der Waals surface area contributed by atoms with Gasteiger partial charge in [0.05, 0.1) is 19.6 Å². The van der Waals surface area contributed by atoms with Crippen molar-refractivity contribution in [2.75, 3.05) is 19.7 Å². The van der Waals surface area contributed by atoms with E-state index in [9.17, 15) is 68.1 Å². The van der Waals surface area contributed by atoms with Crippen LogP contribution in [0.25, 0.3) is 0 Å². The molecule has 0 radical (unpaired) electrons. The molecule has 1 aromatic rings. The molecule has 25 nitrogen and oxygen atoms in total. The highest BCUT2D eigenvalue weighted by atomic mass is 16.4. The SMILES string of the molecule is CC(C)[C@H](NC(=O)CNC(=O)[C@@H]1CCCN1C(=O)[C@H](Cc1ccc(O)cc1)NC(=O)[C@H](CC(N)=O)NC(=O)[C@H](CCC(N)=O)NC(=O)[C@@H](N)CO)C(=O)N[C@@H](CCC(N)=O)C(=O)O. The third kappa shape index (κ3) is 17.6. The highest BCUT2D eigenvalue weighted by Gasteiger charge is 2.39. The van der Waals surface area contributed by atoms with Crippen molar-refractivity contribution in [3.63, 3.8) is 0 Å². The largest absolute Gasteiger partial charge is 0.508 e. The van der Waals surface area contributed by atoms with Crippen LogP contribution in [0.1, 0.15) is 64.4 Å². The van der Waals surface area contributed by atoms with E-state index in [-0.39, 0.29) is 44.4 Å². The number of primary amides is 3. The van der Waals surface area contributed by atoms with E-state index in [1.54, 1.807) is 13.8 Å². The van der Waals surface area contributed by atoms with Crippen LogP contribution >= 0.6 is 0 Å². The number of benzene rings is 1. The quantitative estimate of drug-likeness (QED) is 0.0412. The molecule has 0 unspecified atom stereocenters.